The van der Waals surface area contributed by atoms with Crippen molar-refractivity contribution in [3.8, 4) is 6.07 Å². The Hall–Kier alpha value is -1.17. The molecule has 0 spiro atoms. The lowest BCUT2D eigenvalue weighted by molar-refractivity contribution is -0.129. The highest BCUT2D eigenvalue weighted by Crippen LogP contribution is 2.28. The number of likely N-dealkylation sites (tertiary alicyclic amines) is 7. The third-order valence-corrected chi connectivity index (χ3v) is 20.2. The molecule has 0 aliphatic carbocycles. The molecular formula is C69H139N9O6S. The van der Waals surface area contributed by atoms with Crippen LogP contribution in [0, 0.1) is 17.2 Å². The Bertz CT molecular complexity index is 1660. The van der Waals surface area contributed by atoms with Crippen molar-refractivity contribution in [1.82, 2.24) is 39.2 Å². The normalized spacial score (nSPS) is 26.5. The van der Waals surface area contributed by atoms with Gasteiger partial charge in [0.2, 0.25) is 5.91 Å². The fourth-order valence-corrected chi connectivity index (χ4v) is 13.3. The SMILES string of the molecule is CC(C)N1CC2CCC(C1)O2.CC(C)N1CCC(C#N)CC1.CC(C)N1CCC(C)(O)CC1.CC(C)N1CCC(O)CC1.CC(C)N1CCCC1=O.CC(C)N1C[C@@H](C)O[C@@H](C)C1.COC1CCN(C(C)C)CC1.CSC1CCN(C(C)C)CC1. The zero-order valence-corrected chi connectivity index (χ0v) is 60.0. The second kappa shape index (κ2) is 42.8. The predicted molar refractivity (Wildman–Crippen MR) is 361 cm³/mol. The smallest absolute Gasteiger partial charge is 0.222 e. The van der Waals surface area contributed by atoms with Crippen LogP contribution in [0.25, 0.3) is 0 Å². The highest BCUT2D eigenvalue weighted by atomic mass is 32.2. The third kappa shape index (κ3) is 33.1. The monoisotopic (exact) mass is 1220 g/mol. The van der Waals surface area contributed by atoms with E-state index in [9.17, 15) is 15.0 Å². The summed E-state index contributed by atoms with van der Waals surface area (Å²) in [5, 5.41) is 28.4. The number of hydrogen-bond acceptors (Lipinski definition) is 15. The van der Waals surface area contributed by atoms with Crippen LogP contribution in [-0.2, 0) is 19.0 Å². The van der Waals surface area contributed by atoms with E-state index in [1.54, 1.807) is 0 Å². The van der Waals surface area contributed by atoms with Gasteiger partial charge in [-0.2, -0.15) is 17.0 Å². The highest BCUT2D eigenvalue weighted by molar-refractivity contribution is 7.99. The number of aliphatic hydroxyl groups is 2. The standard InChI is InChI=1S/C9H16N2.C9H17NO.3C9H19NO.C9H19NS.C8H17NO.C7H13NO/c1-8(2)11-5-3-9(7-10)4-6-11;1-7(2)10-5-8-3-4-9(6-10)11-8;1-7(2)10-5-8(3)11-9(4)6-10;1-8(2)10-6-4-9(11-3)5-7-10;1-8(2)10-6-4-9(3,11)5-7-10;1-8(2)10-6-4-9(11-3)5-7-10;1-7(2)9-5-3-8(10)4-6-9;1-6(2)8-5-3-4-7(8)9/h8-9H,3-6H2,1-2H3;7-9H,3-6H2,1-2H3;7-9H,5-6H2,1-4H3;8-9H,4-7H2,1-3H3;8,11H,4-7H2,1-3H3;8-9H,4-7H2,1-3H3;7-8,10H,3-6H2,1-2H3;6H,3-5H2,1-2H3/t;;8-,9+;;;;;. The Labute approximate surface area is 529 Å². The molecule has 85 heavy (non-hydrogen) atoms. The minimum atomic E-state index is -0.397. The number of piperidine rings is 5. The van der Waals surface area contributed by atoms with Crippen LogP contribution in [0.5, 0.6) is 0 Å². The molecule has 2 N–H and O–H groups in total. The van der Waals surface area contributed by atoms with Gasteiger partial charge < -0.3 is 53.8 Å². The van der Waals surface area contributed by atoms with Gasteiger partial charge in [0.05, 0.1) is 48.3 Å². The summed E-state index contributed by atoms with van der Waals surface area (Å²) in [6, 6.07) is 7.47. The summed E-state index contributed by atoms with van der Waals surface area (Å²) in [7, 11) is 1.82. The number of nitriles is 1. The molecule has 0 aromatic carbocycles. The second-order valence-electron chi connectivity index (χ2n) is 28.7. The fourth-order valence-electron chi connectivity index (χ4n) is 12.6. The molecule has 9 fully saturated rings. The molecule has 0 aromatic rings. The van der Waals surface area contributed by atoms with Crippen molar-refractivity contribution in [3.63, 3.8) is 0 Å². The Morgan fingerprint density at radius 2 is 0.882 bits per heavy atom. The molecule has 0 saturated carbocycles. The number of carbonyl (C=O) groups is 1. The molecule has 16 heteroatoms. The predicted octanol–water partition coefficient (Wildman–Crippen LogP) is 11.2. The van der Waals surface area contributed by atoms with E-state index in [0.29, 0.717) is 84.6 Å². The number of carbonyl (C=O) groups excluding carboxylic acids is 1. The van der Waals surface area contributed by atoms with Crippen LogP contribution >= 0.6 is 11.8 Å². The lowest BCUT2D eigenvalue weighted by Crippen LogP contribution is -2.48. The maximum absolute atomic E-state index is 10.9. The molecule has 0 radical (unpaired) electrons. The lowest BCUT2D eigenvalue weighted by Gasteiger charge is -2.37. The number of rotatable bonds is 10. The van der Waals surface area contributed by atoms with Gasteiger partial charge in [-0.1, -0.05) is 0 Å². The van der Waals surface area contributed by atoms with Gasteiger partial charge in [0.25, 0.3) is 0 Å². The number of methoxy groups -OCH3 is 1. The first-order chi connectivity index (χ1) is 40.0. The molecule has 0 aromatic heterocycles. The molecule has 2 unspecified atom stereocenters. The van der Waals surface area contributed by atoms with Crippen LogP contribution in [0.4, 0.5) is 0 Å². The van der Waals surface area contributed by atoms with Crippen molar-refractivity contribution in [2.24, 2.45) is 5.92 Å². The quantitative estimate of drug-likeness (QED) is 0.215. The van der Waals surface area contributed by atoms with E-state index in [-0.39, 0.29) is 6.10 Å². The molecule has 502 valence electrons. The van der Waals surface area contributed by atoms with Gasteiger partial charge in [-0.15, -0.1) is 0 Å². The zero-order valence-electron chi connectivity index (χ0n) is 59.2. The Balaban J connectivity index is 0.000000332. The summed E-state index contributed by atoms with van der Waals surface area (Å²) in [4.78, 5) is 30.2. The molecule has 4 atom stereocenters. The third-order valence-electron chi connectivity index (χ3n) is 19.1. The van der Waals surface area contributed by atoms with E-state index in [4.69, 9.17) is 19.5 Å². The lowest BCUT2D eigenvalue weighted by atomic mass is 9.93. The van der Waals surface area contributed by atoms with Crippen LogP contribution < -0.4 is 0 Å². The van der Waals surface area contributed by atoms with Gasteiger partial charge in [-0.25, -0.2) is 0 Å². The van der Waals surface area contributed by atoms with E-state index < -0.39 is 5.60 Å². The summed E-state index contributed by atoms with van der Waals surface area (Å²) in [6.45, 7) is 58.6. The van der Waals surface area contributed by atoms with E-state index in [2.05, 4.69) is 171 Å². The zero-order chi connectivity index (χ0) is 64.0. The van der Waals surface area contributed by atoms with Crippen LogP contribution in [0.15, 0.2) is 0 Å². The molecule has 9 aliphatic heterocycles. The summed E-state index contributed by atoms with van der Waals surface area (Å²) >= 11 is 2.03. The number of fused-ring (bicyclic) bond motifs is 2. The van der Waals surface area contributed by atoms with Crippen LogP contribution in [0.2, 0.25) is 0 Å². The highest BCUT2D eigenvalue weighted by Gasteiger charge is 2.35. The average molecular weight is 1220 g/mol. The van der Waals surface area contributed by atoms with Crippen LogP contribution in [-0.4, -0.2) is 263 Å². The topological polar surface area (TPSA) is 135 Å². The van der Waals surface area contributed by atoms with Gasteiger partial charge in [0, 0.05) is 145 Å². The van der Waals surface area contributed by atoms with Crippen molar-refractivity contribution in [3.05, 3.63) is 0 Å². The average Bonchev–Trinajstić information content (AvgIpc) is 4.16. The van der Waals surface area contributed by atoms with Gasteiger partial charge in [0.1, 0.15) is 0 Å². The number of hydrogen-bond donors (Lipinski definition) is 2. The molecule has 1 amide bonds. The summed E-state index contributed by atoms with van der Waals surface area (Å²) in [6.07, 6.45) is 20.1. The van der Waals surface area contributed by atoms with Crippen molar-refractivity contribution in [2.75, 3.05) is 112 Å². The maximum atomic E-state index is 10.9. The number of aliphatic hydroxyl groups excluding tert-OH is 1. The van der Waals surface area contributed by atoms with Gasteiger partial charge >= 0.3 is 0 Å². The summed E-state index contributed by atoms with van der Waals surface area (Å²) < 4.78 is 16.7. The van der Waals surface area contributed by atoms with Crippen LogP contribution in [0.3, 0.4) is 0 Å². The van der Waals surface area contributed by atoms with Crippen molar-refractivity contribution in [2.45, 2.75) is 317 Å². The van der Waals surface area contributed by atoms with E-state index in [1.807, 2.05) is 30.7 Å². The number of ether oxygens (including phenoxy) is 3. The largest absolute Gasteiger partial charge is 0.393 e. The number of amides is 1. The molecule has 15 nitrogen and oxygen atoms in total. The second-order valence-corrected chi connectivity index (χ2v) is 29.9. The maximum Gasteiger partial charge on any atom is 0.222 e. The van der Waals surface area contributed by atoms with Gasteiger partial charge in [-0.3, -0.25) is 14.6 Å². The molecular weight excluding hydrogens is 1080 g/mol. The Morgan fingerprint density at radius 1 is 0.518 bits per heavy atom. The Kier molecular flexibility index (Phi) is 40.2. The summed E-state index contributed by atoms with van der Waals surface area (Å²) in [5.41, 5.74) is -0.397. The van der Waals surface area contributed by atoms with Crippen molar-refractivity contribution >= 4 is 17.7 Å². The van der Waals surface area contributed by atoms with Crippen LogP contribution in [0.1, 0.15) is 221 Å². The first-order valence-corrected chi connectivity index (χ1v) is 35.9. The summed E-state index contributed by atoms with van der Waals surface area (Å²) in [5.74, 6) is 0.648. The van der Waals surface area contributed by atoms with E-state index in [1.165, 1.54) is 64.7 Å². The van der Waals surface area contributed by atoms with Gasteiger partial charge in [-0.05, 0) is 247 Å². The van der Waals surface area contributed by atoms with E-state index >= 15 is 0 Å². The number of thioether (sulfide) groups is 1. The van der Waals surface area contributed by atoms with Crippen molar-refractivity contribution in [1.29, 1.82) is 5.26 Å². The molecule has 2 bridgehead atoms. The molecule has 9 rings (SSSR count). The van der Waals surface area contributed by atoms with E-state index in [0.717, 1.165) is 135 Å². The Morgan fingerprint density at radius 3 is 1.21 bits per heavy atom. The first kappa shape index (κ1) is 79.9. The molecule has 9 aliphatic rings. The number of morpholine rings is 2. The minimum absolute atomic E-state index is 0.0324. The molecule has 9 saturated heterocycles. The first-order valence-electron chi connectivity index (χ1n) is 34.6. The van der Waals surface area contributed by atoms with Gasteiger partial charge in [0.15, 0.2) is 0 Å². The number of nitrogens with zero attached hydrogens (tertiary/aromatic N) is 9. The van der Waals surface area contributed by atoms with Crippen molar-refractivity contribution < 1.29 is 29.2 Å². The molecule has 9 heterocycles. The fraction of sp³-hybridized carbons (Fsp3) is 0.971. The minimum Gasteiger partial charge on any atom is -0.393 e.